The summed E-state index contributed by atoms with van der Waals surface area (Å²) in [5, 5.41) is 0. The second-order valence-corrected chi connectivity index (χ2v) is 5.98. The number of aryl methyl sites for hydroxylation is 1. The van der Waals surface area contributed by atoms with Crippen LogP contribution >= 0.6 is 0 Å². The molecule has 2 rings (SSSR count). The Bertz CT molecular complexity index is 479. The first kappa shape index (κ1) is 16.0. The zero-order valence-corrected chi connectivity index (χ0v) is 13.5. The SMILES string of the molecule is COC1CCN(C(=O)[C@H](c2ccccc2C)N(C)C)CC1. The highest BCUT2D eigenvalue weighted by Crippen LogP contribution is 2.26. The number of benzene rings is 1. The van der Waals surface area contributed by atoms with E-state index in [1.165, 1.54) is 0 Å². The van der Waals surface area contributed by atoms with Crippen molar-refractivity contribution in [2.24, 2.45) is 0 Å². The second-order valence-electron chi connectivity index (χ2n) is 5.98. The van der Waals surface area contributed by atoms with E-state index in [0.29, 0.717) is 6.10 Å². The molecule has 21 heavy (non-hydrogen) atoms. The zero-order chi connectivity index (χ0) is 15.4. The normalized spacial score (nSPS) is 18.0. The molecule has 1 saturated heterocycles. The maximum absolute atomic E-state index is 12.9. The highest BCUT2D eigenvalue weighted by molar-refractivity contribution is 5.83. The van der Waals surface area contributed by atoms with Crippen molar-refractivity contribution in [1.29, 1.82) is 0 Å². The molecule has 1 aromatic rings. The maximum atomic E-state index is 12.9. The Labute approximate surface area is 127 Å². The lowest BCUT2D eigenvalue weighted by molar-refractivity contribution is -0.138. The molecule has 1 amide bonds. The molecule has 4 heteroatoms. The van der Waals surface area contributed by atoms with E-state index in [9.17, 15) is 4.79 Å². The fourth-order valence-electron chi connectivity index (χ4n) is 3.01. The number of carbonyl (C=O) groups is 1. The van der Waals surface area contributed by atoms with Crippen LogP contribution in [-0.4, -0.2) is 56.1 Å². The third kappa shape index (κ3) is 3.63. The standard InChI is InChI=1S/C17H26N2O2/c1-13-7-5-6-8-15(13)16(18(2)3)17(20)19-11-9-14(21-4)10-12-19/h5-8,14,16H,9-12H2,1-4H3/t16-/m0/s1. The minimum atomic E-state index is -0.203. The molecule has 0 bridgehead atoms. The van der Waals surface area contributed by atoms with Crippen LogP contribution < -0.4 is 0 Å². The molecule has 1 heterocycles. The largest absolute Gasteiger partial charge is 0.381 e. The number of nitrogens with zero attached hydrogens (tertiary/aromatic N) is 2. The van der Waals surface area contributed by atoms with Gasteiger partial charge >= 0.3 is 0 Å². The highest BCUT2D eigenvalue weighted by atomic mass is 16.5. The van der Waals surface area contributed by atoms with Gasteiger partial charge in [-0.05, 0) is 45.0 Å². The monoisotopic (exact) mass is 290 g/mol. The van der Waals surface area contributed by atoms with Crippen LogP contribution in [0.1, 0.15) is 30.0 Å². The topological polar surface area (TPSA) is 32.8 Å². The number of hydrogen-bond acceptors (Lipinski definition) is 3. The van der Waals surface area contributed by atoms with E-state index in [4.69, 9.17) is 4.74 Å². The molecule has 0 aliphatic carbocycles. The number of hydrogen-bond donors (Lipinski definition) is 0. The molecule has 1 aliphatic rings. The number of likely N-dealkylation sites (tertiary alicyclic amines) is 1. The lowest BCUT2D eigenvalue weighted by Gasteiger charge is -2.36. The Morgan fingerprint density at radius 1 is 1.29 bits per heavy atom. The molecular weight excluding hydrogens is 264 g/mol. The smallest absolute Gasteiger partial charge is 0.244 e. The molecule has 4 nitrogen and oxygen atoms in total. The van der Waals surface area contributed by atoms with Gasteiger partial charge in [-0.15, -0.1) is 0 Å². The van der Waals surface area contributed by atoms with Gasteiger partial charge in [0.2, 0.25) is 5.91 Å². The van der Waals surface area contributed by atoms with Crippen LogP contribution in [0.15, 0.2) is 24.3 Å². The van der Waals surface area contributed by atoms with Crippen molar-refractivity contribution >= 4 is 5.91 Å². The minimum Gasteiger partial charge on any atom is -0.381 e. The van der Waals surface area contributed by atoms with Gasteiger partial charge in [0.15, 0.2) is 0 Å². The number of ether oxygens (including phenoxy) is 1. The Morgan fingerprint density at radius 3 is 2.43 bits per heavy atom. The second kappa shape index (κ2) is 7.05. The summed E-state index contributed by atoms with van der Waals surface area (Å²) >= 11 is 0. The lowest BCUT2D eigenvalue weighted by Crippen LogP contribution is -2.45. The van der Waals surface area contributed by atoms with E-state index in [1.807, 2.05) is 36.0 Å². The average Bonchev–Trinajstić information content (AvgIpc) is 2.49. The van der Waals surface area contributed by atoms with Crippen LogP contribution in [-0.2, 0) is 9.53 Å². The summed E-state index contributed by atoms with van der Waals surface area (Å²) in [6, 6.07) is 7.93. The quantitative estimate of drug-likeness (QED) is 0.852. The van der Waals surface area contributed by atoms with Gasteiger partial charge < -0.3 is 9.64 Å². The van der Waals surface area contributed by atoms with Crippen LogP contribution in [0.5, 0.6) is 0 Å². The summed E-state index contributed by atoms with van der Waals surface area (Å²) in [7, 11) is 5.69. The highest BCUT2D eigenvalue weighted by Gasteiger charge is 2.31. The van der Waals surface area contributed by atoms with Crippen molar-refractivity contribution in [3.63, 3.8) is 0 Å². The van der Waals surface area contributed by atoms with Crippen LogP contribution in [0, 0.1) is 6.92 Å². The van der Waals surface area contributed by atoms with Crippen molar-refractivity contribution in [1.82, 2.24) is 9.80 Å². The Balaban J connectivity index is 2.16. The number of piperidine rings is 1. The summed E-state index contributed by atoms with van der Waals surface area (Å²) in [6.45, 7) is 3.64. The van der Waals surface area contributed by atoms with Gasteiger partial charge in [0.25, 0.3) is 0 Å². The van der Waals surface area contributed by atoms with Gasteiger partial charge in [0.1, 0.15) is 6.04 Å². The number of methoxy groups -OCH3 is 1. The van der Waals surface area contributed by atoms with Gasteiger partial charge in [0.05, 0.1) is 6.10 Å². The molecular formula is C17H26N2O2. The van der Waals surface area contributed by atoms with Crippen molar-refractivity contribution < 1.29 is 9.53 Å². The third-order valence-corrected chi connectivity index (χ3v) is 4.32. The van der Waals surface area contributed by atoms with Gasteiger partial charge in [-0.2, -0.15) is 0 Å². The molecule has 0 radical (unpaired) electrons. The van der Waals surface area contributed by atoms with Crippen molar-refractivity contribution in [2.75, 3.05) is 34.3 Å². The van der Waals surface area contributed by atoms with Crippen molar-refractivity contribution in [3.8, 4) is 0 Å². The summed E-state index contributed by atoms with van der Waals surface area (Å²) in [5.41, 5.74) is 2.26. The van der Waals surface area contributed by atoms with E-state index >= 15 is 0 Å². The first-order valence-corrected chi connectivity index (χ1v) is 7.58. The number of likely N-dealkylation sites (N-methyl/N-ethyl adjacent to an activating group) is 1. The summed E-state index contributed by atoms with van der Waals surface area (Å²) in [6.07, 6.45) is 2.15. The summed E-state index contributed by atoms with van der Waals surface area (Å²) in [4.78, 5) is 16.9. The Hall–Kier alpha value is -1.39. The molecule has 0 spiro atoms. The zero-order valence-electron chi connectivity index (χ0n) is 13.5. The summed E-state index contributed by atoms with van der Waals surface area (Å²) in [5.74, 6) is 0.198. The Morgan fingerprint density at radius 2 is 1.90 bits per heavy atom. The molecule has 0 aromatic heterocycles. The third-order valence-electron chi connectivity index (χ3n) is 4.32. The lowest BCUT2D eigenvalue weighted by atomic mass is 9.98. The molecule has 1 atom stereocenters. The van der Waals surface area contributed by atoms with E-state index in [1.54, 1.807) is 7.11 Å². The number of rotatable bonds is 4. The van der Waals surface area contributed by atoms with E-state index < -0.39 is 0 Å². The fraction of sp³-hybridized carbons (Fsp3) is 0.588. The molecule has 116 valence electrons. The van der Waals surface area contributed by atoms with E-state index in [2.05, 4.69) is 19.1 Å². The molecule has 0 N–H and O–H groups in total. The van der Waals surface area contributed by atoms with Gasteiger partial charge in [-0.1, -0.05) is 24.3 Å². The number of amides is 1. The molecule has 0 unspecified atom stereocenters. The first-order chi connectivity index (χ1) is 10.0. The van der Waals surface area contributed by atoms with E-state index in [0.717, 1.165) is 37.1 Å². The predicted molar refractivity (Wildman–Crippen MR) is 84.2 cm³/mol. The van der Waals surface area contributed by atoms with Crippen LogP contribution in [0.4, 0.5) is 0 Å². The molecule has 0 saturated carbocycles. The van der Waals surface area contributed by atoms with Crippen LogP contribution in [0.25, 0.3) is 0 Å². The first-order valence-electron chi connectivity index (χ1n) is 7.58. The Kier molecular flexibility index (Phi) is 5.37. The number of carbonyl (C=O) groups excluding carboxylic acids is 1. The van der Waals surface area contributed by atoms with Crippen LogP contribution in [0.3, 0.4) is 0 Å². The van der Waals surface area contributed by atoms with Gasteiger partial charge in [-0.3, -0.25) is 9.69 Å². The average molecular weight is 290 g/mol. The predicted octanol–water partition coefficient (Wildman–Crippen LogP) is 2.24. The summed E-state index contributed by atoms with van der Waals surface area (Å²) < 4.78 is 5.38. The molecule has 1 aromatic carbocycles. The molecule has 1 aliphatic heterocycles. The van der Waals surface area contributed by atoms with Gasteiger partial charge in [0, 0.05) is 20.2 Å². The van der Waals surface area contributed by atoms with E-state index in [-0.39, 0.29) is 11.9 Å². The van der Waals surface area contributed by atoms with Gasteiger partial charge in [-0.25, -0.2) is 0 Å². The fourth-order valence-corrected chi connectivity index (χ4v) is 3.01. The van der Waals surface area contributed by atoms with Crippen molar-refractivity contribution in [2.45, 2.75) is 31.9 Å². The minimum absolute atomic E-state index is 0.198. The maximum Gasteiger partial charge on any atom is 0.244 e. The molecule has 1 fully saturated rings. The van der Waals surface area contributed by atoms with Crippen LogP contribution in [0.2, 0.25) is 0 Å². The van der Waals surface area contributed by atoms with Crippen molar-refractivity contribution in [3.05, 3.63) is 35.4 Å².